The lowest BCUT2D eigenvalue weighted by molar-refractivity contribution is -0.122. The van der Waals surface area contributed by atoms with E-state index < -0.39 is 0 Å². The summed E-state index contributed by atoms with van der Waals surface area (Å²) in [7, 11) is 0. The van der Waals surface area contributed by atoms with Gasteiger partial charge in [-0.05, 0) is 18.1 Å². The van der Waals surface area contributed by atoms with Crippen molar-refractivity contribution >= 4 is 11.6 Å². The summed E-state index contributed by atoms with van der Waals surface area (Å²) in [5, 5.41) is 6.19. The number of para-hydroxylation sites is 1. The molecule has 1 aromatic rings. The molecular weight excluding hydrogens is 212 g/mol. The second-order valence-electron chi connectivity index (χ2n) is 4.10. The maximum atomic E-state index is 12.0. The van der Waals surface area contributed by atoms with Gasteiger partial charge in [0.25, 0.3) is 0 Å². The molecule has 0 radical (unpaired) electrons. The summed E-state index contributed by atoms with van der Waals surface area (Å²) in [4.78, 5) is 12.0. The van der Waals surface area contributed by atoms with E-state index in [1.807, 2.05) is 24.3 Å². The lowest BCUT2D eigenvalue weighted by atomic mass is 9.90. The number of amides is 1. The normalized spacial score (nSPS) is 17.5. The first kappa shape index (κ1) is 11.5. The van der Waals surface area contributed by atoms with Crippen LogP contribution in [0.15, 0.2) is 24.3 Å². The standard InChI is InChI=1S/C14H16N2O/c1-2-3-9-16-14(17)12-8-10-15-13-7-5-4-6-11(12)13/h1,4-7,12,15H,3,8-10H2,(H,16,17). The maximum absolute atomic E-state index is 12.0. The largest absolute Gasteiger partial charge is 0.385 e. The fourth-order valence-corrected chi connectivity index (χ4v) is 2.12. The number of hydrogen-bond acceptors (Lipinski definition) is 2. The predicted molar refractivity (Wildman–Crippen MR) is 68.7 cm³/mol. The first-order chi connectivity index (χ1) is 8.33. The maximum Gasteiger partial charge on any atom is 0.227 e. The Hall–Kier alpha value is -1.95. The third-order valence-corrected chi connectivity index (χ3v) is 2.97. The molecule has 1 amide bonds. The van der Waals surface area contributed by atoms with E-state index in [1.54, 1.807) is 0 Å². The van der Waals surface area contributed by atoms with Crippen molar-refractivity contribution in [1.29, 1.82) is 0 Å². The minimum Gasteiger partial charge on any atom is -0.385 e. The van der Waals surface area contributed by atoms with E-state index in [-0.39, 0.29) is 11.8 Å². The van der Waals surface area contributed by atoms with Crippen LogP contribution in [0.2, 0.25) is 0 Å². The third kappa shape index (κ3) is 2.59. The summed E-state index contributed by atoms with van der Waals surface area (Å²) in [6.45, 7) is 1.39. The first-order valence-corrected chi connectivity index (χ1v) is 5.87. The van der Waals surface area contributed by atoms with Crippen LogP contribution in [0.1, 0.15) is 24.3 Å². The number of carbonyl (C=O) groups excluding carboxylic acids is 1. The van der Waals surface area contributed by atoms with Gasteiger partial charge in [-0.25, -0.2) is 0 Å². The molecule has 2 rings (SSSR count). The second kappa shape index (κ2) is 5.40. The van der Waals surface area contributed by atoms with Gasteiger partial charge in [-0.1, -0.05) is 18.2 Å². The van der Waals surface area contributed by atoms with Gasteiger partial charge in [-0.15, -0.1) is 12.3 Å². The van der Waals surface area contributed by atoms with E-state index in [2.05, 4.69) is 16.6 Å². The molecule has 1 aliphatic heterocycles. The van der Waals surface area contributed by atoms with Crippen LogP contribution in [-0.2, 0) is 4.79 Å². The zero-order valence-electron chi connectivity index (χ0n) is 9.70. The van der Waals surface area contributed by atoms with E-state index in [9.17, 15) is 4.79 Å². The van der Waals surface area contributed by atoms with Gasteiger partial charge in [0.2, 0.25) is 5.91 Å². The third-order valence-electron chi connectivity index (χ3n) is 2.97. The highest BCUT2D eigenvalue weighted by Crippen LogP contribution is 2.31. The van der Waals surface area contributed by atoms with Crippen LogP contribution in [0, 0.1) is 12.3 Å². The summed E-state index contributed by atoms with van der Waals surface area (Å²) in [6, 6.07) is 7.96. The Morgan fingerprint density at radius 2 is 2.35 bits per heavy atom. The second-order valence-corrected chi connectivity index (χ2v) is 4.10. The molecule has 0 aromatic heterocycles. The molecule has 0 fully saturated rings. The number of anilines is 1. The Labute approximate surface area is 102 Å². The molecule has 0 bridgehead atoms. The van der Waals surface area contributed by atoms with Crippen molar-refractivity contribution in [3.63, 3.8) is 0 Å². The molecule has 0 saturated heterocycles. The van der Waals surface area contributed by atoms with Crippen LogP contribution in [0.25, 0.3) is 0 Å². The molecule has 1 heterocycles. The monoisotopic (exact) mass is 228 g/mol. The lowest BCUT2D eigenvalue weighted by Crippen LogP contribution is -2.33. The number of fused-ring (bicyclic) bond motifs is 1. The number of nitrogens with one attached hydrogen (secondary N) is 2. The van der Waals surface area contributed by atoms with Crippen molar-refractivity contribution in [2.75, 3.05) is 18.4 Å². The number of hydrogen-bond donors (Lipinski definition) is 2. The average Bonchev–Trinajstić information content (AvgIpc) is 2.38. The molecule has 0 aliphatic carbocycles. The van der Waals surface area contributed by atoms with Gasteiger partial charge in [-0.2, -0.15) is 0 Å². The SMILES string of the molecule is C#CCCNC(=O)C1CCNc2ccccc21. The van der Waals surface area contributed by atoms with Gasteiger partial charge < -0.3 is 10.6 Å². The molecular formula is C14H16N2O. The smallest absolute Gasteiger partial charge is 0.227 e. The van der Waals surface area contributed by atoms with Crippen molar-refractivity contribution in [3.8, 4) is 12.3 Å². The molecule has 2 N–H and O–H groups in total. The molecule has 1 aromatic carbocycles. The molecule has 3 nitrogen and oxygen atoms in total. The Bertz CT molecular complexity index is 448. The van der Waals surface area contributed by atoms with Crippen LogP contribution in [0.4, 0.5) is 5.69 Å². The van der Waals surface area contributed by atoms with E-state index in [0.29, 0.717) is 13.0 Å². The molecule has 0 spiro atoms. The van der Waals surface area contributed by atoms with E-state index in [4.69, 9.17) is 6.42 Å². The van der Waals surface area contributed by atoms with Gasteiger partial charge in [-0.3, -0.25) is 4.79 Å². The molecule has 1 atom stereocenters. The van der Waals surface area contributed by atoms with E-state index >= 15 is 0 Å². The van der Waals surface area contributed by atoms with Crippen LogP contribution in [0.3, 0.4) is 0 Å². The van der Waals surface area contributed by atoms with Gasteiger partial charge >= 0.3 is 0 Å². The fraction of sp³-hybridized carbons (Fsp3) is 0.357. The van der Waals surface area contributed by atoms with Crippen molar-refractivity contribution in [2.24, 2.45) is 0 Å². The highest BCUT2D eigenvalue weighted by molar-refractivity contribution is 5.86. The summed E-state index contributed by atoms with van der Waals surface area (Å²) in [5.41, 5.74) is 2.15. The minimum atomic E-state index is -0.0507. The predicted octanol–water partition coefficient (Wildman–Crippen LogP) is 1.73. The molecule has 88 valence electrons. The van der Waals surface area contributed by atoms with Crippen molar-refractivity contribution in [1.82, 2.24) is 5.32 Å². The molecule has 1 unspecified atom stereocenters. The average molecular weight is 228 g/mol. The lowest BCUT2D eigenvalue weighted by Gasteiger charge is -2.25. The molecule has 0 saturated carbocycles. The highest BCUT2D eigenvalue weighted by atomic mass is 16.1. The summed E-state index contributed by atoms with van der Waals surface area (Å²) in [6.07, 6.45) is 6.57. The van der Waals surface area contributed by atoms with Gasteiger partial charge in [0.15, 0.2) is 0 Å². The van der Waals surface area contributed by atoms with Crippen LogP contribution >= 0.6 is 0 Å². The number of benzene rings is 1. The van der Waals surface area contributed by atoms with E-state index in [0.717, 1.165) is 24.2 Å². The van der Waals surface area contributed by atoms with Crippen molar-refractivity contribution in [3.05, 3.63) is 29.8 Å². The summed E-state index contributed by atoms with van der Waals surface area (Å²) >= 11 is 0. The number of carbonyl (C=O) groups is 1. The number of rotatable bonds is 3. The van der Waals surface area contributed by atoms with Crippen molar-refractivity contribution in [2.45, 2.75) is 18.8 Å². The Morgan fingerprint density at radius 1 is 1.53 bits per heavy atom. The van der Waals surface area contributed by atoms with Gasteiger partial charge in [0.1, 0.15) is 0 Å². The fourth-order valence-electron chi connectivity index (χ4n) is 2.12. The summed E-state index contributed by atoms with van der Waals surface area (Å²) < 4.78 is 0. The van der Waals surface area contributed by atoms with Crippen LogP contribution < -0.4 is 10.6 Å². The van der Waals surface area contributed by atoms with Gasteiger partial charge in [0.05, 0.1) is 5.92 Å². The zero-order valence-corrected chi connectivity index (χ0v) is 9.70. The summed E-state index contributed by atoms with van der Waals surface area (Å²) in [5.74, 6) is 2.55. The molecule has 1 aliphatic rings. The molecule has 3 heteroatoms. The highest BCUT2D eigenvalue weighted by Gasteiger charge is 2.25. The van der Waals surface area contributed by atoms with Crippen LogP contribution in [0.5, 0.6) is 0 Å². The van der Waals surface area contributed by atoms with Gasteiger partial charge in [0, 0.05) is 25.2 Å². The topological polar surface area (TPSA) is 41.1 Å². The molecule has 17 heavy (non-hydrogen) atoms. The Balaban J connectivity index is 2.08. The zero-order chi connectivity index (χ0) is 12.1. The number of terminal acetylenes is 1. The Kier molecular flexibility index (Phi) is 3.66. The quantitative estimate of drug-likeness (QED) is 0.611. The first-order valence-electron chi connectivity index (χ1n) is 5.87. The van der Waals surface area contributed by atoms with Crippen molar-refractivity contribution < 1.29 is 4.79 Å². The van der Waals surface area contributed by atoms with E-state index in [1.165, 1.54) is 0 Å². The Morgan fingerprint density at radius 3 is 3.18 bits per heavy atom. The van der Waals surface area contributed by atoms with Crippen LogP contribution in [-0.4, -0.2) is 19.0 Å². The minimum absolute atomic E-state index is 0.0507.